The zero-order valence-corrected chi connectivity index (χ0v) is 9.60. The van der Waals surface area contributed by atoms with Crippen LogP contribution in [0.5, 0.6) is 5.75 Å². The minimum Gasteiger partial charge on any atom is -0.497 e. The van der Waals surface area contributed by atoms with Crippen LogP contribution in [0.3, 0.4) is 0 Å². The first kappa shape index (κ1) is 15.4. The lowest BCUT2D eigenvalue weighted by atomic mass is 10.2. The van der Waals surface area contributed by atoms with Gasteiger partial charge < -0.3 is 9.47 Å². The van der Waals surface area contributed by atoms with Gasteiger partial charge >= 0.3 is 5.97 Å². The molecule has 0 aromatic heterocycles. The lowest BCUT2D eigenvalue weighted by molar-refractivity contribution is -0.137. The Hall–Kier alpha value is -1.55. The average molecular weight is 252 g/mol. The third kappa shape index (κ3) is 5.92. The van der Waals surface area contributed by atoms with Crippen LogP contribution in [0, 0.1) is 0 Å². The van der Waals surface area contributed by atoms with Crippen molar-refractivity contribution in [2.75, 3.05) is 13.7 Å². The van der Waals surface area contributed by atoms with E-state index < -0.39 is 0 Å². The van der Waals surface area contributed by atoms with Crippen LogP contribution in [0.1, 0.15) is 18.9 Å². The number of esters is 1. The van der Waals surface area contributed by atoms with Crippen molar-refractivity contribution < 1.29 is 14.3 Å². The summed E-state index contributed by atoms with van der Waals surface area (Å²) >= 11 is 0. The van der Waals surface area contributed by atoms with Crippen molar-refractivity contribution in [3.63, 3.8) is 0 Å². The molecule has 0 radical (unpaired) electrons. The second kappa shape index (κ2) is 8.58. The molecule has 0 aliphatic rings. The zero-order chi connectivity index (χ0) is 11.8. The van der Waals surface area contributed by atoms with Crippen LogP contribution in [-0.2, 0) is 9.53 Å². The minimum absolute atomic E-state index is 0. The number of ether oxygens (including phenoxy) is 2. The van der Waals surface area contributed by atoms with Crippen molar-refractivity contribution in [3.8, 4) is 5.75 Å². The summed E-state index contributed by atoms with van der Waals surface area (Å²) in [5, 5.41) is 0. The summed E-state index contributed by atoms with van der Waals surface area (Å²) < 4.78 is 9.94. The van der Waals surface area contributed by atoms with E-state index in [1.54, 1.807) is 13.2 Å². The van der Waals surface area contributed by atoms with Gasteiger partial charge in [-0.2, -0.15) is 0 Å². The second-order valence-electron chi connectivity index (χ2n) is 3.27. The Bertz CT molecular complexity index is 357. The molecule has 0 bridgehead atoms. The van der Waals surface area contributed by atoms with Gasteiger partial charge in [0.1, 0.15) is 5.75 Å². The smallest absolute Gasteiger partial charge is 0.330 e. The Morgan fingerprint density at radius 1 is 1.29 bits per heavy atom. The molecule has 0 spiro atoms. The first-order valence-corrected chi connectivity index (χ1v) is 5.25. The topological polar surface area (TPSA) is 35.5 Å². The van der Waals surface area contributed by atoms with Crippen molar-refractivity contribution in [2.24, 2.45) is 0 Å². The molecule has 0 aliphatic heterocycles. The van der Waals surface area contributed by atoms with E-state index in [-0.39, 0.29) is 16.9 Å². The summed E-state index contributed by atoms with van der Waals surface area (Å²) in [5.74, 6) is 0.489. The number of carbonyl (C=O) groups excluding carboxylic acids is 1. The molecule has 1 aromatic rings. The first-order valence-electron chi connectivity index (χ1n) is 5.25. The van der Waals surface area contributed by atoms with Crippen LogP contribution in [0.4, 0.5) is 0 Å². The van der Waals surface area contributed by atoms with Crippen molar-refractivity contribution >= 4 is 23.0 Å². The normalized spacial score (nSPS) is 9.76. The highest BCUT2D eigenvalue weighted by Gasteiger charge is 1.95. The molecular weight excluding hydrogens is 232 g/mol. The van der Waals surface area contributed by atoms with Crippen molar-refractivity contribution in [2.45, 2.75) is 13.3 Å². The van der Waals surface area contributed by atoms with Gasteiger partial charge in [0, 0.05) is 6.08 Å². The molecule has 1 rings (SSSR count). The summed E-state index contributed by atoms with van der Waals surface area (Å²) in [5.41, 5.74) is 0.939. The van der Waals surface area contributed by atoms with Crippen LogP contribution in [-0.4, -0.2) is 30.7 Å². The Balaban J connectivity index is 0.00000256. The largest absolute Gasteiger partial charge is 0.497 e. The molecule has 4 heteroatoms. The Morgan fingerprint density at radius 2 is 1.94 bits per heavy atom. The fourth-order valence-corrected chi connectivity index (χ4v) is 1.13. The first-order chi connectivity index (χ1) is 7.76. The van der Waals surface area contributed by atoms with E-state index in [0.717, 1.165) is 17.7 Å². The molecular formula is C13H20O3Si. The van der Waals surface area contributed by atoms with E-state index in [1.165, 1.54) is 6.08 Å². The lowest BCUT2D eigenvalue weighted by Gasteiger charge is -1.99. The van der Waals surface area contributed by atoms with Crippen molar-refractivity contribution in [3.05, 3.63) is 35.9 Å². The third-order valence-electron chi connectivity index (χ3n) is 1.98. The van der Waals surface area contributed by atoms with Crippen LogP contribution in [0.25, 0.3) is 6.08 Å². The van der Waals surface area contributed by atoms with Crippen LogP contribution in [0.15, 0.2) is 30.3 Å². The Kier molecular flexibility index (Phi) is 7.80. The third-order valence-corrected chi connectivity index (χ3v) is 1.98. The molecule has 0 unspecified atom stereocenters. The molecule has 0 fully saturated rings. The predicted octanol–water partition coefficient (Wildman–Crippen LogP) is 1.21. The summed E-state index contributed by atoms with van der Waals surface area (Å²) in [6.07, 6.45) is 3.98. The van der Waals surface area contributed by atoms with E-state index in [1.807, 2.05) is 31.2 Å². The van der Waals surface area contributed by atoms with Gasteiger partial charge in [0.15, 0.2) is 0 Å². The van der Waals surface area contributed by atoms with Gasteiger partial charge in [0.05, 0.1) is 13.7 Å². The maximum atomic E-state index is 11.2. The van der Waals surface area contributed by atoms with Gasteiger partial charge in [-0.3, -0.25) is 0 Å². The number of hydrogen-bond donors (Lipinski definition) is 0. The van der Waals surface area contributed by atoms with Gasteiger partial charge in [0.25, 0.3) is 0 Å². The number of benzene rings is 1. The van der Waals surface area contributed by atoms with E-state index in [2.05, 4.69) is 0 Å². The van der Waals surface area contributed by atoms with Crippen LogP contribution < -0.4 is 4.74 Å². The maximum absolute atomic E-state index is 11.2. The summed E-state index contributed by atoms with van der Waals surface area (Å²) in [6, 6.07) is 7.44. The molecule has 0 saturated heterocycles. The number of hydrogen-bond acceptors (Lipinski definition) is 3. The molecule has 3 nitrogen and oxygen atoms in total. The van der Waals surface area contributed by atoms with Gasteiger partial charge in [-0.05, 0) is 41.2 Å². The van der Waals surface area contributed by atoms with Crippen molar-refractivity contribution in [1.29, 1.82) is 0 Å². The highest BCUT2D eigenvalue weighted by Crippen LogP contribution is 2.12. The quantitative estimate of drug-likeness (QED) is 0.449. The average Bonchev–Trinajstić information content (AvgIpc) is 2.34. The minimum atomic E-state index is -0.308. The zero-order valence-electron chi connectivity index (χ0n) is 9.60. The molecule has 1 aromatic carbocycles. The van der Waals surface area contributed by atoms with Gasteiger partial charge in [0.2, 0.25) is 0 Å². The lowest BCUT2D eigenvalue weighted by Crippen LogP contribution is -2.00. The summed E-state index contributed by atoms with van der Waals surface area (Å²) in [7, 11) is 1.62. The number of carbonyl (C=O) groups is 1. The highest BCUT2D eigenvalue weighted by atomic mass is 28.1. The predicted molar refractivity (Wildman–Crippen MR) is 74.6 cm³/mol. The fourth-order valence-electron chi connectivity index (χ4n) is 1.13. The molecule has 0 atom stereocenters. The monoisotopic (exact) mass is 252 g/mol. The standard InChI is InChI=1S/C13H16O3.H4Si/c1-3-10-16-13(14)9-6-11-4-7-12(15-2)8-5-11;/h4-9H,3,10H2,1-2H3;1H4. The van der Waals surface area contributed by atoms with Gasteiger partial charge in [-0.1, -0.05) is 19.1 Å². The van der Waals surface area contributed by atoms with Gasteiger partial charge in [-0.15, -0.1) is 0 Å². The maximum Gasteiger partial charge on any atom is 0.330 e. The van der Waals surface area contributed by atoms with Crippen LogP contribution >= 0.6 is 0 Å². The molecule has 0 aliphatic carbocycles. The van der Waals surface area contributed by atoms with E-state index in [4.69, 9.17) is 9.47 Å². The molecule has 0 heterocycles. The number of methoxy groups -OCH3 is 1. The van der Waals surface area contributed by atoms with Gasteiger partial charge in [-0.25, -0.2) is 4.79 Å². The van der Waals surface area contributed by atoms with Crippen LogP contribution in [0.2, 0.25) is 0 Å². The molecule has 0 N–H and O–H groups in total. The SMILES string of the molecule is CCCOC(=O)C=Cc1ccc(OC)cc1.[SiH4]. The summed E-state index contributed by atoms with van der Waals surface area (Å²) in [4.78, 5) is 11.2. The van der Waals surface area contributed by atoms with E-state index >= 15 is 0 Å². The fraction of sp³-hybridized carbons (Fsp3) is 0.308. The highest BCUT2D eigenvalue weighted by molar-refractivity contribution is 5.87. The van der Waals surface area contributed by atoms with E-state index in [9.17, 15) is 4.79 Å². The molecule has 0 saturated carbocycles. The summed E-state index contributed by atoms with van der Waals surface area (Å²) in [6.45, 7) is 2.42. The van der Waals surface area contributed by atoms with E-state index in [0.29, 0.717) is 6.61 Å². The molecule has 0 amide bonds. The molecule has 17 heavy (non-hydrogen) atoms. The number of rotatable bonds is 5. The Labute approximate surface area is 106 Å². The molecule has 94 valence electrons. The second-order valence-corrected chi connectivity index (χ2v) is 3.27. The van der Waals surface area contributed by atoms with Crippen molar-refractivity contribution in [1.82, 2.24) is 0 Å². The Morgan fingerprint density at radius 3 is 2.47 bits per heavy atom.